The van der Waals surface area contributed by atoms with E-state index in [1.807, 2.05) is 0 Å². The fourth-order valence-corrected chi connectivity index (χ4v) is 3.53. The summed E-state index contributed by atoms with van der Waals surface area (Å²) in [6.07, 6.45) is 4.24. The molecule has 0 aromatic heterocycles. The number of imide groups is 1. The van der Waals surface area contributed by atoms with Crippen LogP contribution in [0.1, 0.15) is 25.7 Å². The molecule has 100 valence electrons. The first-order valence-corrected chi connectivity index (χ1v) is 6.74. The van der Waals surface area contributed by atoms with Gasteiger partial charge >= 0.3 is 6.03 Å². The van der Waals surface area contributed by atoms with Gasteiger partial charge in [0.1, 0.15) is 0 Å². The van der Waals surface area contributed by atoms with Crippen LogP contribution in [0.2, 0.25) is 0 Å². The molecule has 0 saturated carbocycles. The Morgan fingerprint density at radius 2 is 2.00 bits per heavy atom. The van der Waals surface area contributed by atoms with Crippen LogP contribution in [0.25, 0.3) is 0 Å². The van der Waals surface area contributed by atoms with Crippen molar-refractivity contribution in [2.75, 3.05) is 19.6 Å². The average molecular weight is 252 g/mol. The molecule has 0 aromatic rings. The van der Waals surface area contributed by atoms with Crippen LogP contribution in [-0.4, -0.2) is 59.5 Å². The molecule has 2 unspecified atom stereocenters. The van der Waals surface area contributed by atoms with Crippen LogP contribution in [0.3, 0.4) is 0 Å². The molecule has 3 aliphatic rings. The first-order chi connectivity index (χ1) is 8.65. The molecule has 0 radical (unpaired) electrons. The van der Waals surface area contributed by atoms with E-state index in [0.29, 0.717) is 31.7 Å². The summed E-state index contributed by atoms with van der Waals surface area (Å²) in [5, 5.41) is 2.66. The van der Waals surface area contributed by atoms with Crippen LogP contribution >= 0.6 is 0 Å². The molecule has 3 heterocycles. The number of rotatable bonds is 2. The summed E-state index contributed by atoms with van der Waals surface area (Å²) < 4.78 is 0. The summed E-state index contributed by atoms with van der Waals surface area (Å²) in [5.74, 6) is -0.0719. The van der Waals surface area contributed by atoms with Crippen molar-refractivity contribution in [2.24, 2.45) is 5.73 Å². The Hall–Kier alpha value is -1.14. The number of hydrogen-bond acceptors (Lipinski definition) is 4. The van der Waals surface area contributed by atoms with E-state index in [9.17, 15) is 9.59 Å². The van der Waals surface area contributed by atoms with Gasteiger partial charge in [0, 0.05) is 31.2 Å². The minimum absolute atomic E-state index is 0.0719. The molecule has 2 atom stereocenters. The molecular formula is C12H20N4O2. The van der Waals surface area contributed by atoms with Crippen LogP contribution in [-0.2, 0) is 4.79 Å². The summed E-state index contributed by atoms with van der Waals surface area (Å²) in [6.45, 7) is 1.44. The second kappa shape index (κ2) is 4.51. The molecule has 0 aromatic carbocycles. The lowest BCUT2D eigenvalue weighted by Gasteiger charge is -2.37. The molecule has 0 aliphatic carbocycles. The zero-order valence-electron chi connectivity index (χ0n) is 10.5. The standard InChI is InChI=1S/C12H20N4O2/c13-8-5-9-1-2-10(6-8)16(9)7-11(17)15-4-3-14-12(15)18/h8-10H,1-7,13H2,(H,14,18). The van der Waals surface area contributed by atoms with Crippen molar-refractivity contribution in [3.63, 3.8) is 0 Å². The fraction of sp³-hybridized carbons (Fsp3) is 0.833. The number of nitrogens with two attached hydrogens (primary N) is 1. The largest absolute Gasteiger partial charge is 0.336 e. The second-order valence-electron chi connectivity index (χ2n) is 5.57. The number of carbonyl (C=O) groups is 2. The minimum Gasteiger partial charge on any atom is -0.336 e. The van der Waals surface area contributed by atoms with Crippen LogP contribution in [0, 0.1) is 0 Å². The number of hydrogen-bond donors (Lipinski definition) is 2. The van der Waals surface area contributed by atoms with Gasteiger partial charge in [0.2, 0.25) is 5.91 Å². The minimum atomic E-state index is -0.249. The van der Waals surface area contributed by atoms with E-state index in [2.05, 4.69) is 10.2 Å². The van der Waals surface area contributed by atoms with Crippen molar-refractivity contribution in [1.29, 1.82) is 0 Å². The van der Waals surface area contributed by atoms with E-state index in [4.69, 9.17) is 5.73 Å². The summed E-state index contributed by atoms with van der Waals surface area (Å²) in [6, 6.07) is 0.909. The van der Waals surface area contributed by atoms with E-state index in [0.717, 1.165) is 25.7 Å². The normalized spacial score (nSPS) is 35.9. The maximum atomic E-state index is 12.1. The van der Waals surface area contributed by atoms with Crippen LogP contribution < -0.4 is 11.1 Å². The summed E-state index contributed by atoms with van der Waals surface area (Å²) >= 11 is 0. The Morgan fingerprint density at radius 1 is 1.33 bits per heavy atom. The van der Waals surface area contributed by atoms with Crippen molar-refractivity contribution >= 4 is 11.9 Å². The van der Waals surface area contributed by atoms with Gasteiger partial charge in [-0.05, 0) is 25.7 Å². The predicted octanol–water partition coefficient (Wildman–Crippen LogP) is -0.508. The summed E-state index contributed by atoms with van der Waals surface area (Å²) in [7, 11) is 0. The molecule has 0 spiro atoms. The number of nitrogens with one attached hydrogen (secondary N) is 1. The Morgan fingerprint density at radius 3 is 2.56 bits per heavy atom. The topological polar surface area (TPSA) is 78.7 Å². The van der Waals surface area contributed by atoms with Crippen molar-refractivity contribution in [2.45, 2.75) is 43.8 Å². The quantitative estimate of drug-likeness (QED) is 0.694. The number of nitrogens with zero attached hydrogens (tertiary/aromatic N) is 2. The highest BCUT2D eigenvalue weighted by molar-refractivity contribution is 5.96. The Bertz CT molecular complexity index is 359. The van der Waals surface area contributed by atoms with E-state index < -0.39 is 0 Å². The maximum absolute atomic E-state index is 12.1. The van der Waals surface area contributed by atoms with E-state index >= 15 is 0 Å². The zero-order valence-corrected chi connectivity index (χ0v) is 10.5. The molecule has 6 heteroatoms. The SMILES string of the molecule is NC1CC2CCC(C1)N2CC(=O)N1CCNC1=O. The van der Waals surface area contributed by atoms with Gasteiger partial charge in [-0.15, -0.1) is 0 Å². The number of carbonyl (C=O) groups excluding carboxylic acids is 2. The summed E-state index contributed by atoms with van der Waals surface area (Å²) in [5.41, 5.74) is 6.01. The van der Waals surface area contributed by atoms with Crippen molar-refractivity contribution in [3.8, 4) is 0 Å². The highest BCUT2D eigenvalue weighted by Crippen LogP contribution is 2.34. The second-order valence-corrected chi connectivity index (χ2v) is 5.57. The van der Waals surface area contributed by atoms with Gasteiger partial charge in [0.05, 0.1) is 6.54 Å². The monoisotopic (exact) mass is 252 g/mol. The van der Waals surface area contributed by atoms with E-state index in [1.54, 1.807) is 0 Å². The van der Waals surface area contributed by atoms with Gasteiger partial charge in [-0.2, -0.15) is 0 Å². The van der Waals surface area contributed by atoms with Crippen molar-refractivity contribution in [3.05, 3.63) is 0 Å². The highest BCUT2D eigenvalue weighted by Gasteiger charge is 2.41. The molecule has 3 rings (SSSR count). The Kier molecular flexibility index (Phi) is 2.99. The van der Waals surface area contributed by atoms with Crippen molar-refractivity contribution < 1.29 is 9.59 Å². The van der Waals surface area contributed by atoms with Crippen LogP contribution in [0.5, 0.6) is 0 Å². The van der Waals surface area contributed by atoms with Gasteiger partial charge in [-0.3, -0.25) is 14.6 Å². The fourth-order valence-electron chi connectivity index (χ4n) is 3.53. The third-order valence-electron chi connectivity index (χ3n) is 4.40. The third kappa shape index (κ3) is 1.99. The van der Waals surface area contributed by atoms with E-state index in [-0.39, 0.29) is 18.0 Å². The summed E-state index contributed by atoms with van der Waals surface area (Å²) in [4.78, 5) is 27.1. The van der Waals surface area contributed by atoms with Gasteiger partial charge in [-0.1, -0.05) is 0 Å². The lowest BCUT2D eigenvalue weighted by atomic mass is 9.98. The first kappa shape index (κ1) is 11.9. The average Bonchev–Trinajstić information content (AvgIpc) is 2.83. The molecule has 3 saturated heterocycles. The van der Waals surface area contributed by atoms with Crippen LogP contribution in [0.15, 0.2) is 0 Å². The molecule has 3 aliphatic heterocycles. The van der Waals surface area contributed by atoms with Crippen LogP contribution in [0.4, 0.5) is 4.79 Å². The molecule has 3 fully saturated rings. The smallest absolute Gasteiger partial charge is 0.324 e. The lowest BCUT2D eigenvalue weighted by molar-refractivity contribution is -0.130. The number of amides is 3. The third-order valence-corrected chi connectivity index (χ3v) is 4.40. The molecule has 18 heavy (non-hydrogen) atoms. The first-order valence-electron chi connectivity index (χ1n) is 6.74. The number of fused-ring (bicyclic) bond motifs is 2. The number of urea groups is 1. The molecule has 3 N–H and O–H groups in total. The molecule has 2 bridgehead atoms. The Balaban J connectivity index is 1.63. The highest BCUT2D eigenvalue weighted by atomic mass is 16.2. The van der Waals surface area contributed by atoms with Gasteiger partial charge in [0.15, 0.2) is 0 Å². The zero-order chi connectivity index (χ0) is 12.7. The molecule has 3 amide bonds. The molecule has 6 nitrogen and oxygen atoms in total. The Labute approximate surface area is 106 Å². The van der Waals surface area contributed by atoms with Gasteiger partial charge in [-0.25, -0.2) is 4.79 Å². The lowest BCUT2D eigenvalue weighted by Crippen LogP contribution is -2.51. The van der Waals surface area contributed by atoms with Crippen molar-refractivity contribution in [1.82, 2.24) is 15.1 Å². The van der Waals surface area contributed by atoms with E-state index in [1.165, 1.54) is 4.90 Å². The number of piperidine rings is 1. The predicted molar refractivity (Wildman–Crippen MR) is 65.8 cm³/mol. The molecular weight excluding hydrogens is 232 g/mol. The van der Waals surface area contributed by atoms with Gasteiger partial charge in [0.25, 0.3) is 0 Å². The maximum Gasteiger partial charge on any atom is 0.324 e. The van der Waals surface area contributed by atoms with Gasteiger partial charge < -0.3 is 11.1 Å².